The van der Waals surface area contributed by atoms with Gasteiger partial charge in [0.05, 0.1) is 17.0 Å². The number of allylic oxidation sites excluding steroid dienone is 1. The Kier molecular flexibility index (Phi) is 5.03. The molecule has 2 rings (SSSR count). The largest absolute Gasteiger partial charge is 0.454 e. The van der Waals surface area contributed by atoms with Crippen LogP contribution in [-0.2, 0) is 14.3 Å². The predicted molar refractivity (Wildman–Crippen MR) is 83.6 cm³/mol. The summed E-state index contributed by atoms with van der Waals surface area (Å²) in [7, 11) is 0. The molecule has 0 aromatic heterocycles. The van der Waals surface area contributed by atoms with E-state index in [0.717, 1.165) is 4.90 Å². The number of thioether (sulfide) groups is 1. The van der Waals surface area contributed by atoms with E-state index in [9.17, 15) is 14.4 Å². The lowest BCUT2D eigenvalue weighted by molar-refractivity contribution is -0.118. The number of amides is 1. The summed E-state index contributed by atoms with van der Waals surface area (Å²) in [4.78, 5) is 35.9. The zero-order chi connectivity index (χ0) is 17.0. The van der Waals surface area contributed by atoms with Crippen LogP contribution in [0.5, 0.6) is 0 Å². The number of nitriles is 1. The number of hydrogen-bond donors (Lipinski definition) is 2. The monoisotopic (exact) mass is 331 g/mol. The lowest BCUT2D eigenvalue weighted by Crippen LogP contribution is -2.20. The summed E-state index contributed by atoms with van der Waals surface area (Å²) >= 11 is 1.37. The molecule has 8 heteroatoms. The Morgan fingerprint density at radius 3 is 2.87 bits per heavy atom. The molecule has 0 bridgehead atoms. The van der Waals surface area contributed by atoms with Gasteiger partial charge in [0.1, 0.15) is 11.6 Å². The number of fused-ring (bicyclic) bond motifs is 1. The molecule has 0 radical (unpaired) electrons. The first-order valence-electron chi connectivity index (χ1n) is 6.56. The van der Waals surface area contributed by atoms with Crippen LogP contribution in [0.25, 0.3) is 0 Å². The van der Waals surface area contributed by atoms with Gasteiger partial charge in [-0.2, -0.15) is 5.26 Å². The van der Waals surface area contributed by atoms with E-state index in [-0.39, 0.29) is 22.7 Å². The number of ketones is 1. The molecule has 1 aliphatic rings. The topological polar surface area (TPSA) is 122 Å². The molecule has 0 atom stereocenters. The van der Waals surface area contributed by atoms with Crippen LogP contribution < -0.4 is 11.1 Å². The van der Waals surface area contributed by atoms with Gasteiger partial charge in [0, 0.05) is 10.6 Å². The van der Waals surface area contributed by atoms with Crippen molar-refractivity contribution in [2.24, 2.45) is 5.73 Å². The molecule has 3 N–H and O–H groups in total. The third-order valence-corrected chi connectivity index (χ3v) is 4.04. The molecule has 0 spiro atoms. The zero-order valence-electron chi connectivity index (χ0n) is 12.2. The van der Waals surface area contributed by atoms with E-state index in [1.807, 2.05) is 0 Å². The average molecular weight is 331 g/mol. The fourth-order valence-electron chi connectivity index (χ4n) is 1.87. The first-order valence-corrected chi connectivity index (χ1v) is 7.54. The normalized spacial score (nSPS) is 14.0. The van der Waals surface area contributed by atoms with Gasteiger partial charge in [0.25, 0.3) is 0 Å². The number of nitrogens with one attached hydrogen (secondary N) is 1. The van der Waals surface area contributed by atoms with Gasteiger partial charge in [-0.05, 0) is 25.1 Å². The molecule has 0 saturated carbocycles. The number of nitrogens with two attached hydrogens (primary N) is 1. The molecule has 1 aliphatic heterocycles. The first-order chi connectivity index (χ1) is 10.9. The van der Waals surface area contributed by atoms with Gasteiger partial charge >= 0.3 is 5.97 Å². The number of anilines is 1. The SMILES string of the molecule is C/C(N)=C(\C#N)C(=O)COC(=O)c1ccc2c(c1)NC(=O)CS2. The third-order valence-electron chi connectivity index (χ3n) is 2.97. The van der Waals surface area contributed by atoms with E-state index in [0.29, 0.717) is 11.4 Å². The van der Waals surface area contributed by atoms with Crippen LogP contribution in [0.15, 0.2) is 34.4 Å². The Balaban J connectivity index is 2.06. The van der Waals surface area contributed by atoms with Crippen LogP contribution in [0.4, 0.5) is 5.69 Å². The van der Waals surface area contributed by atoms with Crippen molar-refractivity contribution >= 4 is 35.1 Å². The van der Waals surface area contributed by atoms with Gasteiger partial charge in [-0.1, -0.05) is 0 Å². The van der Waals surface area contributed by atoms with E-state index < -0.39 is 18.4 Å². The quantitative estimate of drug-likeness (QED) is 0.483. The minimum atomic E-state index is -0.724. The maximum atomic E-state index is 12.0. The van der Waals surface area contributed by atoms with E-state index in [1.165, 1.54) is 24.8 Å². The van der Waals surface area contributed by atoms with Crippen molar-refractivity contribution in [2.75, 3.05) is 17.7 Å². The molecular weight excluding hydrogens is 318 g/mol. The molecule has 1 heterocycles. The van der Waals surface area contributed by atoms with Gasteiger partial charge in [0.15, 0.2) is 6.61 Å². The Labute approximate surface area is 136 Å². The number of benzene rings is 1. The number of ether oxygens (including phenoxy) is 1. The number of esters is 1. The molecule has 0 saturated heterocycles. The summed E-state index contributed by atoms with van der Waals surface area (Å²) in [5, 5.41) is 11.5. The Bertz CT molecular complexity index is 760. The van der Waals surface area contributed by atoms with Crippen molar-refractivity contribution in [3.63, 3.8) is 0 Å². The van der Waals surface area contributed by atoms with Crippen molar-refractivity contribution in [2.45, 2.75) is 11.8 Å². The van der Waals surface area contributed by atoms with Gasteiger partial charge in [-0.15, -0.1) is 11.8 Å². The van der Waals surface area contributed by atoms with Crippen molar-refractivity contribution in [3.05, 3.63) is 35.0 Å². The summed E-state index contributed by atoms with van der Waals surface area (Å²) in [6, 6.07) is 6.41. The number of carbonyl (C=O) groups excluding carboxylic acids is 3. The lowest BCUT2D eigenvalue weighted by Gasteiger charge is -2.16. The second-order valence-corrected chi connectivity index (χ2v) is 5.73. The molecule has 118 valence electrons. The molecule has 7 nitrogen and oxygen atoms in total. The fraction of sp³-hybridized carbons (Fsp3) is 0.200. The maximum absolute atomic E-state index is 12.0. The highest BCUT2D eigenvalue weighted by Crippen LogP contribution is 2.32. The van der Waals surface area contributed by atoms with E-state index in [1.54, 1.807) is 18.2 Å². The zero-order valence-corrected chi connectivity index (χ0v) is 13.0. The summed E-state index contributed by atoms with van der Waals surface area (Å²) in [5.41, 5.74) is 5.98. The number of carbonyl (C=O) groups is 3. The molecule has 0 unspecified atom stereocenters. The van der Waals surface area contributed by atoms with Crippen molar-refractivity contribution in [1.82, 2.24) is 0 Å². The van der Waals surface area contributed by atoms with Gasteiger partial charge in [-0.25, -0.2) is 4.79 Å². The lowest BCUT2D eigenvalue weighted by atomic mass is 10.1. The van der Waals surface area contributed by atoms with Gasteiger partial charge < -0.3 is 15.8 Å². The number of hydrogen-bond acceptors (Lipinski definition) is 7. The van der Waals surface area contributed by atoms with Crippen LogP contribution in [-0.4, -0.2) is 30.0 Å². The minimum Gasteiger partial charge on any atom is -0.454 e. The second kappa shape index (κ2) is 6.98. The maximum Gasteiger partial charge on any atom is 0.338 e. The Morgan fingerprint density at radius 1 is 1.48 bits per heavy atom. The van der Waals surface area contributed by atoms with Crippen molar-refractivity contribution in [1.29, 1.82) is 5.26 Å². The number of rotatable bonds is 4. The molecule has 1 aromatic rings. The van der Waals surface area contributed by atoms with E-state index in [4.69, 9.17) is 15.7 Å². The molecule has 23 heavy (non-hydrogen) atoms. The van der Waals surface area contributed by atoms with Crippen LogP contribution in [0.2, 0.25) is 0 Å². The highest BCUT2D eigenvalue weighted by Gasteiger charge is 2.19. The fourth-order valence-corrected chi connectivity index (χ4v) is 2.66. The summed E-state index contributed by atoms with van der Waals surface area (Å²) < 4.78 is 4.89. The summed E-state index contributed by atoms with van der Waals surface area (Å²) in [6.45, 7) is 0.844. The second-order valence-electron chi connectivity index (χ2n) is 4.72. The van der Waals surface area contributed by atoms with Crippen LogP contribution >= 0.6 is 11.8 Å². The average Bonchev–Trinajstić information content (AvgIpc) is 2.52. The molecular formula is C15H13N3O4S. The first kappa shape index (κ1) is 16.6. The highest BCUT2D eigenvalue weighted by atomic mass is 32.2. The third kappa shape index (κ3) is 3.90. The number of Topliss-reactive ketones (excluding diaryl/α,β-unsaturated/α-hetero) is 1. The smallest absolute Gasteiger partial charge is 0.338 e. The summed E-state index contributed by atoms with van der Waals surface area (Å²) in [6.07, 6.45) is 0. The van der Waals surface area contributed by atoms with Crippen LogP contribution in [0, 0.1) is 11.3 Å². The molecule has 0 aliphatic carbocycles. The van der Waals surface area contributed by atoms with Gasteiger partial charge in [0.2, 0.25) is 11.7 Å². The Morgan fingerprint density at radius 2 is 2.22 bits per heavy atom. The molecule has 1 aromatic carbocycles. The van der Waals surface area contributed by atoms with Crippen LogP contribution in [0.3, 0.4) is 0 Å². The molecule has 0 fully saturated rings. The van der Waals surface area contributed by atoms with Gasteiger partial charge in [-0.3, -0.25) is 9.59 Å². The van der Waals surface area contributed by atoms with Crippen molar-refractivity contribution in [3.8, 4) is 6.07 Å². The van der Waals surface area contributed by atoms with Crippen molar-refractivity contribution < 1.29 is 19.1 Å². The van der Waals surface area contributed by atoms with Crippen LogP contribution in [0.1, 0.15) is 17.3 Å². The predicted octanol–water partition coefficient (Wildman–Crippen LogP) is 1.21. The highest BCUT2D eigenvalue weighted by molar-refractivity contribution is 8.00. The minimum absolute atomic E-state index is 0.0714. The van der Waals surface area contributed by atoms with E-state index >= 15 is 0 Å². The Hall–Kier alpha value is -2.79. The van der Waals surface area contributed by atoms with E-state index in [2.05, 4.69) is 5.32 Å². The molecule has 1 amide bonds. The number of nitrogens with zero attached hydrogens (tertiary/aromatic N) is 1. The standard InChI is InChI=1S/C15H13N3O4S/c1-8(17)10(5-16)12(19)6-22-15(21)9-2-3-13-11(4-9)18-14(20)7-23-13/h2-4H,6-7,17H2,1H3,(H,18,20)/b10-8-. The summed E-state index contributed by atoms with van der Waals surface area (Å²) in [5.74, 6) is -1.21.